The molecule has 122 valence electrons. The Labute approximate surface area is 139 Å². The minimum Gasteiger partial charge on any atom is -0.497 e. The highest BCUT2D eigenvalue weighted by atomic mass is 32.2. The highest BCUT2D eigenvalue weighted by Crippen LogP contribution is 2.36. The van der Waals surface area contributed by atoms with Gasteiger partial charge in [0.1, 0.15) is 18.2 Å². The van der Waals surface area contributed by atoms with Crippen molar-refractivity contribution in [3.63, 3.8) is 0 Å². The number of methoxy groups -OCH3 is 1. The first-order chi connectivity index (χ1) is 11.2. The molecule has 0 atom stereocenters. The van der Waals surface area contributed by atoms with E-state index in [1.807, 2.05) is 31.2 Å². The molecular formula is C16H19N3O3S. The van der Waals surface area contributed by atoms with Crippen molar-refractivity contribution in [3.8, 4) is 11.4 Å². The number of benzene rings is 1. The number of fused-ring (bicyclic) bond motifs is 1. The summed E-state index contributed by atoms with van der Waals surface area (Å²) in [6.45, 7) is 2.43. The Kier molecular flexibility index (Phi) is 4.88. The molecule has 1 aromatic heterocycles. The molecule has 7 heteroatoms. The van der Waals surface area contributed by atoms with Gasteiger partial charge in [-0.2, -0.15) is 16.9 Å². The van der Waals surface area contributed by atoms with Gasteiger partial charge in [-0.25, -0.2) is 4.68 Å². The van der Waals surface area contributed by atoms with Gasteiger partial charge in [0.05, 0.1) is 18.5 Å². The summed E-state index contributed by atoms with van der Waals surface area (Å²) >= 11 is 1.80. The van der Waals surface area contributed by atoms with Crippen LogP contribution in [0.2, 0.25) is 0 Å². The molecule has 0 spiro atoms. The minimum atomic E-state index is -0.166. The SMILES string of the molecule is CCOCC(=O)Nc1c2c(nn1-c1ccc(OC)cc1)CSC2. The lowest BCUT2D eigenvalue weighted by molar-refractivity contribution is -0.120. The summed E-state index contributed by atoms with van der Waals surface area (Å²) in [6.07, 6.45) is 0. The van der Waals surface area contributed by atoms with Gasteiger partial charge < -0.3 is 14.8 Å². The average Bonchev–Trinajstić information content (AvgIpc) is 3.16. The number of nitrogens with one attached hydrogen (secondary N) is 1. The van der Waals surface area contributed by atoms with Crippen LogP contribution in [-0.2, 0) is 21.0 Å². The summed E-state index contributed by atoms with van der Waals surface area (Å²) in [5, 5.41) is 7.59. The van der Waals surface area contributed by atoms with Gasteiger partial charge in [0, 0.05) is 23.7 Å². The molecule has 0 radical (unpaired) electrons. The largest absolute Gasteiger partial charge is 0.497 e. The Morgan fingerprint density at radius 1 is 1.35 bits per heavy atom. The number of carbonyl (C=O) groups is 1. The summed E-state index contributed by atoms with van der Waals surface area (Å²) < 4.78 is 12.1. The predicted octanol–water partition coefficient (Wildman–Crippen LogP) is 2.60. The Balaban J connectivity index is 1.91. The van der Waals surface area contributed by atoms with Gasteiger partial charge in [0.2, 0.25) is 0 Å². The molecule has 0 bridgehead atoms. The molecule has 1 amide bonds. The molecule has 0 saturated heterocycles. The molecule has 1 aromatic carbocycles. The van der Waals surface area contributed by atoms with Crippen LogP contribution in [0.5, 0.6) is 5.75 Å². The lowest BCUT2D eigenvalue weighted by Crippen LogP contribution is -2.21. The summed E-state index contributed by atoms with van der Waals surface area (Å²) in [6, 6.07) is 7.60. The second-order valence-corrected chi connectivity index (χ2v) is 6.05. The van der Waals surface area contributed by atoms with Crippen molar-refractivity contribution in [1.29, 1.82) is 0 Å². The Bertz CT molecular complexity index is 697. The number of amides is 1. The van der Waals surface area contributed by atoms with E-state index < -0.39 is 0 Å². The summed E-state index contributed by atoms with van der Waals surface area (Å²) in [4.78, 5) is 12.0. The smallest absolute Gasteiger partial charge is 0.251 e. The third-order valence-corrected chi connectivity index (χ3v) is 4.53. The fraction of sp³-hybridized carbons (Fsp3) is 0.375. The number of hydrogen-bond acceptors (Lipinski definition) is 5. The van der Waals surface area contributed by atoms with E-state index in [0.717, 1.165) is 40.0 Å². The molecule has 1 aliphatic rings. The van der Waals surface area contributed by atoms with Crippen LogP contribution in [0.1, 0.15) is 18.2 Å². The molecule has 0 saturated carbocycles. The van der Waals surface area contributed by atoms with Gasteiger partial charge in [-0.05, 0) is 31.2 Å². The molecule has 23 heavy (non-hydrogen) atoms. The molecule has 2 aromatic rings. The third kappa shape index (κ3) is 3.35. The second kappa shape index (κ2) is 7.06. The topological polar surface area (TPSA) is 65.4 Å². The fourth-order valence-electron chi connectivity index (χ4n) is 2.41. The summed E-state index contributed by atoms with van der Waals surface area (Å²) in [5.74, 6) is 3.08. The molecule has 0 fully saturated rings. The zero-order chi connectivity index (χ0) is 16.2. The van der Waals surface area contributed by atoms with Gasteiger partial charge in [-0.1, -0.05) is 0 Å². The van der Waals surface area contributed by atoms with Gasteiger partial charge in [0.25, 0.3) is 5.91 Å². The molecule has 1 aliphatic heterocycles. The zero-order valence-corrected chi connectivity index (χ0v) is 14.0. The lowest BCUT2D eigenvalue weighted by Gasteiger charge is -2.11. The predicted molar refractivity (Wildman–Crippen MR) is 90.2 cm³/mol. The van der Waals surface area contributed by atoms with Crippen molar-refractivity contribution >= 4 is 23.5 Å². The van der Waals surface area contributed by atoms with Crippen molar-refractivity contribution in [2.24, 2.45) is 0 Å². The monoisotopic (exact) mass is 333 g/mol. The standard InChI is InChI=1S/C16H19N3O3S/c1-3-22-8-15(20)17-16-13-9-23-10-14(13)18-19(16)11-4-6-12(21-2)7-5-11/h4-7H,3,8-10H2,1-2H3,(H,17,20). The quantitative estimate of drug-likeness (QED) is 0.880. The molecule has 1 N–H and O–H groups in total. The van der Waals surface area contributed by atoms with Crippen molar-refractivity contribution in [3.05, 3.63) is 35.5 Å². The van der Waals surface area contributed by atoms with Crippen LogP contribution in [0, 0.1) is 0 Å². The van der Waals surface area contributed by atoms with E-state index in [4.69, 9.17) is 9.47 Å². The van der Waals surface area contributed by atoms with Crippen LogP contribution in [-0.4, -0.2) is 36.0 Å². The maximum atomic E-state index is 12.0. The second-order valence-electron chi connectivity index (χ2n) is 5.06. The summed E-state index contributed by atoms with van der Waals surface area (Å²) in [7, 11) is 1.63. The van der Waals surface area contributed by atoms with Gasteiger partial charge in [-0.15, -0.1) is 0 Å². The van der Waals surface area contributed by atoms with Crippen LogP contribution in [0.25, 0.3) is 5.69 Å². The van der Waals surface area contributed by atoms with Crippen LogP contribution in [0.3, 0.4) is 0 Å². The maximum Gasteiger partial charge on any atom is 0.251 e. The van der Waals surface area contributed by atoms with Crippen LogP contribution >= 0.6 is 11.8 Å². The number of rotatable bonds is 6. The van der Waals surface area contributed by atoms with E-state index in [9.17, 15) is 4.79 Å². The number of hydrogen-bond donors (Lipinski definition) is 1. The molecular weight excluding hydrogens is 314 g/mol. The first-order valence-electron chi connectivity index (χ1n) is 7.43. The highest BCUT2D eigenvalue weighted by molar-refractivity contribution is 7.98. The molecule has 3 rings (SSSR count). The van der Waals surface area contributed by atoms with Crippen molar-refractivity contribution in [2.75, 3.05) is 25.6 Å². The van der Waals surface area contributed by atoms with Crippen molar-refractivity contribution < 1.29 is 14.3 Å². The van der Waals surface area contributed by atoms with Gasteiger partial charge in [0.15, 0.2) is 0 Å². The Morgan fingerprint density at radius 3 is 2.83 bits per heavy atom. The fourth-order valence-corrected chi connectivity index (χ4v) is 3.45. The lowest BCUT2D eigenvalue weighted by atomic mass is 10.2. The van der Waals surface area contributed by atoms with Crippen LogP contribution < -0.4 is 10.1 Å². The van der Waals surface area contributed by atoms with E-state index in [0.29, 0.717) is 6.61 Å². The van der Waals surface area contributed by atoms with Gasteiger partial charge >= 0.3 is 0 Å². The average molecular weight is 333 g/mol. The van der Waals surface area contributed by atoms with Crippen molar-refractivity contribution in [1.82, 2.24) is 9.78 Å². The number of anilines is 1. The van der Waals surface area contributed by atoms with E-state index in [1.54, 1.807) is 23.6 Å². The van der Waals surface area contributed by atoms with E-state index in [1.165, 1.54) is 0 Å². The van der Waals surface area contributed by atoms with Crippen molar-refractivity contribution in [2.45, 2.75) is 18.4 Å². The number of nitrogens with zero attached hydrogens (tertiary/aromatic N) is 2. The molecule has 6 nitrogen and oxygen atoms in total. The highest BCUT2D eigenvalue weighted by Gasteiger charge is 2.24. The first-order valence-corrected chi connectivity index (χ1v) is 8.59. The Morgan fingerprint density at radius 2 is 2.13 bits per heavy atom. The number of thioether (sulfide) groups is 1. The number of carbonyl (C=O) groups excluding carboxylic acids is 1. The first kappa shape index (κ1) is 15.9. The van der Waals surface area contributed by atoms with Crippen LogP contribution in [0.15, 0.2) is 24.3 Å². The third-order valence-electron chi connectivity index (χ3n) is 3.56. The molecule has 2 heterocycles. The van der Waals surface area contributed by atoms with E-state index in [2.05, 4.69) is 10.4 Å². The molecule has 0 aliphatic carbocycles. The molecule has 0 unspecified atom stereocenters. The van der Waals surface area contributed by atoms with Crippen LogP contribution in [0.4, 0.5) is 5.82 Å². The maximum absolute atomic E-state index is 12.0. The number of ether oxygens (including phenoxy) is 2. The Hall–Kier alpha value is -1.99. The number of aromatic nitrogens is 2. The van der Waals surface area contributed by atoms with Gasteiger partial charge in [-0.3, -0.25) is 4.79 Å². The minimum absolute atomic E-state index is 0.0478. The summed E-state index contributed by atoms with van der Waals surface area (Å²) in [5.41, 5.74) is 3.00. The van der Waals surface area contributed by atoms with E-state index in [-0.39, 0.29) is 12.5 Å². The van der Waals surface area contributed by atoms with E-state index >= 15 is 0 Å². The zero-order valence-electron chi connectivity index (χ0n) is 13.2. The normalized spacial score (nSPS) is 13.0.